The highest BCUT2D eigenvalue weighted by molar-refractivity contribution is 5.29. The molecule has 2 nitrogen and oxygen atoms in total. The van der Waals surface area contributed by atoms with E-state index in [1.54, 1.807) is 0 Å². The maximum Gasteiger partial charge on any atom is 0.120 e. The standard InChI is InChI=1S/C19H23NO/c1-15-7-6-10-17(13-15)21-19-11-12-20(2)14-18(19)16-8-4-3-5-9-16/h3-10,13,18-19H,11-12,14H2,1-2H3. The summed E-state index contributed by atoms with van der Waals surface area (Å²) in [5, 5.41) is 0. The van der Waals surface area contributed by atoms with E-state index in [0.29, 0.717) is 5.92 Å². The maximum atomic E-state index is 6.32. The van der Waals surface area contributed by atoms with Crippen LogP contribution in [0.1, 0.15) is 23.5 Å². The minimum absolute atomic E-state index is 0.255. The molecule has 2 aromatic carbocycles. The van der Waals surface area contributed by atoms with Crippen molar-refractivity contribution < 1.29 is 4.74 Å². The van der Waals surface area contributed by atoms with Gasteiger partial charge in [0, 0.05) is 19.0 Å². The molecule has 0 saturated carbocycles. The van der Waals surface area contributed by atoms with Gasteiger partial charge in [0.1, 0.15) is 11.9 Å². The second kappa shape index (κ2) is 6.31. The molecule has 1 aliphatic rings. The van der Waals surface area contributed by atoms with Crippen LogP contribution in [0.4, 0.5) is 0 Å². The highest BCUT2D eigenvalue weighted by Crippen LogP contribution is 2.30. The molecule has 0 radical (unpaired) electrons. The number of hydrogen-bond acceptors (Lipinski definition) is 2. The van der Waals surface area contributed by atoms with Crippen molar-refractivity contribution in [3.8, 4) is 5.75 Å². The van der Waals surface area contributed by atoms with Crippen molar-refractivity contribution in [3.63, 3.8) is 0 Å². The molecule has 21 heavy (non-hydrogen) atoms. The van der Waals surface area contributed by atoms with Gasteiger partial charge in [-0.05, 0) is 43.7 Å². The second-order valence-electron chi connectivity index (χ2n) is 6.04. The topological polar surface area (TPSA) is 12.5 Å². The Kier molecular flexibility index (Phi) is 4.26. The SMILES string of the molecule is Cc1cccc(OC2CCN(C)CC2c2ccccc2)c1. The van der Waals surface area contributed by atoms with Crippen molar-refractivity contribution in [2.75, 3.05) is 20.1 Å². The molecule has 0 bridgehead atoms. The van der Waals surface area contributed by atoms with Crippen LogP contribution in [-0.4, -0.2) is 31.1 Å². The van der Waals surface area contributed by atoms with Crippen LogP contribution in [-0.2, 0) is 0 Å². The summed E-state index contributed by atoms with van der Waals surface area (Å²) in [5.41, 5.74) is 2.62. The fourth-order valence-corrected chi connectivity index (χ4v) is 3.12. The van der Waals surface area contributed by atoms with E-state index in [1.807, 2.05) is 0 Å². The van der Waals surface area contributed by atoms with Gasteiger partial charge in [-0.3, -0.25) is 0 Å². The molecule has 2 atom stereocenters. The molecule has 2 unspecified atom stereocenters. The molecule has 1 aliphatic heterocycles. The van der Waals surface area contributed by atoms with Gasteiger partial charge in [0.15, 0.2) is 0 Å². The Morgan fingerprint density at radius 2 is 1.86 bits per heavy atom. The summed E-state index contributed by atoms with van der Waals surface area (Å²) in [6.07, 6.45) is 1.33. The fourth-order valence-electron chi connectivity index (χ4n) is 3.12. The van der Waals surface area contributed by atoms with Crippen LogP contribution in [0, 0.1) is 6.92 Å². The Morgan fingerprint density at radius 3 is 2.62 bits per heavy atom. The fraction of sp³-hybridized carbons (Fsp3) is 0.368. The maximum absolute atomic E-state index is 6.32. The monoisotopic (exact) mass is 281 g/mol. The van der Waals surface area contributed by atoms with E-state index >= 15 is 0 Å². The lowest BCUT2D eigenvalue weighted by Crippen LogP contribution is -2.42. The number of aryl methyl sites for hydroxylation is 1. The highest BCUT2D eigenvalue weighted by Gasteiger charge is 2.30. The van der Waals surface area contributed by atoms with Gasteiger partial charge in [-0.1, -0.05) is 42.5 Å². The molecule has 1 heterocycles. The van der Waals surface area contributed by atoms with Crippen molar-refractivity contribution in [1.29, 1.82) is 0 Å². The number of hydrogen-bond donors (Lipinski definition) is 0. The first-order valence-electron chi connectivity index (χ1n) is 7.69. The predicted octanol–water partition coefficient (Wildman–Crippen LogP) is 3.86. The Labute approximate surface area is 127 Å². The molecule has 3 rings (SSSR count). The van der Waals surface area contributed by atoms with E-state index in [9.17, 15) is 0 Å². The van der Waals surface area contributed by atoms with E-state index in [-0.39, 0.29) is 6.10 Å². The van der Waals surface area contributed by atoms with Gasteiger partial charge in [-0.15, -0.1) is 0 Å². The van der Waals surface area contributed by atoms with Crippen LogP contribution in [0.3, 0.4) is 0 Å². The molecule has 110 valence electrons. The zero-order valence-corrected chi connectivity index (χ0v) is 12.8. The molecule has 0 spiro atoms. The molecule has 0 amide bonds. The molecule has 1 fully saturated rings. The lowest BCUT2D eigenvalue weighted by atomic mass is 9.88. The molecular formula is C19H23NO. The number of piperidine rings is 1. The largest absolute Gasteiger partial charge is 0.490 e. The first-order chi connectivity index (χ1) is 10.2. The third-order valence-electron chi connectivity index (χ3n) is 4.26. The zero-order valence-electron chi connectivity index (χ0n) is 12.8. The number of rotatable bonds is 3. The van der Waals surface area contributed by atoms with Gasteiger partial charge in [0.25, 0.3) is 0 Å². The molecule has 0 aromatic heterocycles. The summed E-state index contributed by atoms with van der Waals surface area (Å²) in [4.78, 5) is 2.40. The zero-order chi connectivity index (χ0) is 14.7. The Morgan fingerprint density at radius 1 is 1.05 bits per heavy atom. The van der Waals surface area contributed by atoms with Crippen LogP contribution in [0.15, 0.2) is 54.6 Å². The van der Waals surface area contributed by atoms with Gasteiger partial charge in [0.2, 0.25) is 0 Å². The molecule has 1 saturated heterocycles. The Hall–Kier alpha value is -1.80. The van der Waals surface area contributed by atoms with Crippen molar-refractivity contribution in [1.82, 2.24) is 4.90 Å². The minimum atomic E-state index is 0.255. The highest BCUT2D eigenvalue weighted by atomic mass is 16.5. The summed E-state index contributed by atoms with van der Waals surface area (Å²) in [6.45, 7) is 4.26. The van der Waals surface area contributed by atoms with Crippen LogP contribution < -0.4 is 4.74 Å². The van der Waals surface area contributed by atoms with Gasteiger partial charge in [0.05, 0.1) is 0 Å². The van der Waals surface area contributed by atoms with E-state index in [4.69, 9.17) is 4.74 Å². The Balaban J connectivity index is 1.81. The van der Waals surface area contributed by atoms with E-state index in [2.05, 4.69) is 73.5 Å². The lowest BCUT2D eigenvalue weighted by molar-refractivity contribution is 0.0902. The number of nitrogens with zero attached hydrogens (tertiary/aromatic N) is 1. The summed E-state index contributed by atoms with van der Waals surface area (Å²) in [5.74, 6) is 1.43. The molecule has 2 aromatic rings. The smallest absolute Gasteiger partial charge is 0.120 e. The van der Waals surface area contributed by atoms with Crippen molar-refractivity contribution in [2.24, 2.45) is 0 Å². The van der Waals surface area contributed by atoms with Crippen LogP contribution in [0.2, 0.25) is 0 Å². The van der Waals surface area contributed by atoms with Crippen molar-refractivity contribution >= 4 is 0 Å². The summed E-state index contributed by atoms with van der Waals surface area (Å²) in [6, 6.07) is 19.1. The Bertz CT molecular complexity index is 581. The number of likely N-dealkylation sites (tertiary alicyclic amines) is 1. The van der Waals surface area contributed by atoms with Crippen molar-refractivity contribution in [3.05, 3.63) is 65.7 Å². The van der Waals surface area contributed by atoms with E-state index in [1.165, 1.54) is 11.1 Å². The van der Waals surface area contributed by atoms with E-state index in [0.717, 1.165) is 25.3 Å². The van der Waals surface area contributed by atoms with Crippen LogP contribution >= 0.6 is 0 Å². The molecule has 2 heteroatoms. The summed E-state index contributed by atoms with van der Waals surface area (Å²) >= 11 is 0. The third kappa shape index (κ3) is 3.45. The lowest BCUT2D eigenvalue weighted by Gasteiger charge is -2.37. The average Bonchev–Trinajstić information content (AvgIpc) is 2.50. The molecule has 0 N–H and O–H groups in total. The molecule has 0 aliphatic carbocycles. The second-order valence-corrected chi connectivity index (χ2v) is 6.04. The first kappa shape index (κ1) is 14.2. The normalized spacial score (nSPS) is 23.0. The molecular weight excluding hydrogens is 258 g/mol. The first-order valence-corrected chi connectivity index (χ1v) is 7.69. The third-order valence-corrected chi connectivity index (χ3v) is 4.26. The summed E-state index contributed by atoms with van der Waals surface area (Å²) in [7, 11) is 2.19. The quantitative estimate of drug-likeness (QED) is 0.847. The van der Waals surface area contributed by atoms with Crippen LogP contribution in [0.5, 0.6) is 5.75 Å². The van der Waals surface area contributed by atoms with Crippen molar-refractivity contribution in [2.45, 2.75) is 25.4 Å². The number of likely N-dealkylation sites (N-methyl/N-ethyl adjacent to an activating group) is 1. The summed E-state index contributed by atoms with van der Waals surface area (Å²) < 4.78 is 6.32. The van der Waals surface area contributed by atoms with Crippen LogP contribution in [0.25, 0.3) is 0 Å². The minimum Gasteiger partial charge on any atom is -0.490 e. The predicted molar refractivity (Wildman–Crippen MR) is 86.9 cm³/mol. The van der Waals surface area contributed by atoms with Gasteiger partial charge in [-0.2, -0.15) is 0 Å². The van der Waals surface area contributed by atoms with Gasteiger partial charge < -0.3 is 9.64 Å². The number of benzene rings is 2. The van der Waals surface area contributed by atoms with Gasteiger partial charge >= 0.3 is 0 Å². The average molecular weight is 281 g/mol. The van der Waals surface area contributed by atoms with E-state index < -0.39 is 0 Å². The van der Waals surface area contributed by atoms with Gasteiger partial charge in [-0.25, -0.2) is 0 Å². The number of ether oxygens (including phenoxy) is 1.